The van der Waals surface area contributed by atoms with Crippen molar-refractivity contribution in [2.45, 2.75) is 12.6 Å². The van der Waals surface area contributed by atoms with Crippen molar-refractivity contribution in [3.8, 4) is 5.75 Å². The maximum atomic E-state index is 9.95. The molecular weight excluding hydrogens is 256 g/mol. The van der Waals surface area contributed by atoms with Gasteiger partial charge in [0.1, 0.15) is 5.75 Å². The van der Waals surface area contributed by atoms with Crippen molar-refractivity contribution in [1.82, 2.24) is 10.2 Å². The highest BCUT2D eigenvalue weighted by Gasteiger charge is 2.10. The van der Waals surface area contributed by atoms with Crippen LogP contribution in [0.1, 0.15) is 5.56 Å². The van der Waals surface area contributed by atoms with Crippen molar-refractivity contribution in [3.63, 3.8) is 0 Å². The molecule has 0 radical (unpaired) electrons. The zero-order valence-corrected chi connectivity index (χ0v) is 12.6. The van der Waals surface area contributed by atoms with Crippen LogP contribution in [-0.4, -0.2) is 63.6 Å². The number of nitrogens with zero attached hydrogens (tertiary/aromatic N) is 1. The van der Waals surface area contributed by atoms with Gasteiger partial charge < -0.3 is 19.9 Å². The third-order valence-electron chi connectivity index (χ3n) is 3.02. The van der Waals surface area contributed by atoms with Gasteiger partial charge in [-0.05, 0) is 13.1 Å². The van der Waals surface area contributed by atoms with Gasteiger partial charge in [-0.2, -0.15) is 0 Å². The van der Waals surface area contributed by atoms with Crippen molar-refractivity contribution >= 4 is 0 Å². The topological polar surface area (TPSA) is 54.0 Å². The zero-order valence-electron chi connectivity index (χ0n) is 12.6. The van der Waals surface area contributed by atoms with Crippen molar-refractivity contribution < 1.29 is 14.6 Å². The van der Waals surface area contributed by atoms with Gasteiger partial charge in [0.2, 0.25) is 0 Å². The fraction of sp³-hybridized carbons (Fsp3) is 0.600. The molecule has 5 heteroatoms. The van der Waals surface area contributed by atoms with Crippen LogP contribution in [0.2, 0.25) is 0 Å². The summed E-state index contributed by atoms with van der Waals surface area (Å²) in [6.45, 7) is 3.34. The molecule has 1 unspecified atom stereocenters. The van der Waals surface area contributed by atoms with Gasteiger partial charge in [0.25, 0.3) is 0 Å². The van der Waals surface area contributed by atoms with Crippen LogP contribution in [0.4, 0.5) is 0 Å². The number of para-hydroxylation sites is 1. The molecule has 1 aromatic carbocycles. The Kier molecular flexibility index (Phi) is 8.22. The highest BCUT2D eigenvalue weighted by Crippen LogP contribution is 2.18. The molecule has 0 aromatic heterocycles. The Morgan fingerprint density at radius 3 is 2.75 bits per heavy atom. The Hall–Kier alpha value is -1.14. The number of benzene rings is 1. The molecule has 0 aliphatic heterocycles. The molecule has 0 saturated carbocycles. The van der Waals surface area contributed by atoms with Crippen molar-refractivity contribution in [3.05, 3.63) is 29.8 Å². The van der Waals surface area contributed by atoms with Gasteiger partial charge in [0.05, 0.1) is 19.8 Å². The van der Waals surface area contributed by atoms with Crippen LogP contribution in [0.3, 0.4) is 0 Å². The van der Waals surface area contributed by atoms with E-state index >= 15 is 0 Å². The van der Waals surface area contributed by atoms with Gasteiger partial charge in [-0.3, -0.25) is 4.90 Å². The summed E-state index contributed by atoms with van der Waals surface area (Å²) in [5, 5.41) is 13.1. The molecule has 20 heavy (non-hydrogen) atoms. The number of hydrogen-bond donors (Lipinski definition) is 2. The number of likely N-dealkylation sites (N-methyl/N-ethyl adjacent to an activating group) is 1. The molecule has 114 valence electrons. The van der Waals surface area contributed by atoms with Crippen LogP contribution in [-0.2, 0) is 11.3 Å². The van der Waals surface area contributed by atoms with Crippen LogP contribution in [0.15, 0.2) is 24.3 Å². The number of rotatable bonds is 10. The smallest absolute Gasteiger partial charge is 0.123 e. The van der Waals surface area contributed by atoms with E-state index in [0.717, 1.165) is 24.4 Å². The van der Waals surface area contributed by atoms with Crippen molar-refractivity contribution in [2.24, 2.45) is 0 Å². The highest BCUT2D eigenvalue weighted by molar-refractivity contribution is 5.32. The molecule has 0 spiro atoms. The summed E-state index contributed by atoms with van der Waals surface area (Å²) in [6, 6.07) is 7.94. The largest absolute Gasteiger partial charge is 0.496 e. The van der Waals surface area contributed by atoms with Crippen LogP contribution in [0, 0.1) is 0 Å². The minimum atomic E-state index is -0.397. The SMILES string of the molecule is COCCNCC(O)CN(C)Cc1ccccc1OC. The number of aliphatic hydroxyl groups excluding tert-OH is 1. The summed E-state index contributed by atoms with van der Waals surface area (Å²) in [5.41, 5.74) is 1.12. The summed E-state index contributed by atoms with van der Waals surface area (Å²) < 4.78 is 10.3. The Balaban J connectivity index is 2.33. The highest BCUT2D eigenvalue weighted by atomic mass is 16.5. The summed E-state index contributed by atoms with van der Waals surface area (Å²) in [5.74, 6) is 0.882. The molecular formula is C15H26N2O3. The molecule has 1 atom stereocenters. The number of aliphatic hydroxyl groups is 1. The molecule has 0 aliphatic carbocycles. The number of nitrogens with one attached hydrogen (secondary N) is 1. The Labute approximate surface area is 121 Å². The molecule has 2 N–H and O–H groups in total. The van der Waals surface area contributed by atoms with E-state index in [4.69, 9.17) is 9.47 Å². The van der Waals surface area contributed by atoms with Crippen LogP contribution < -0.4 is 10.1 Å². The normalized spacial score (nSPS) is 12.7. The Bertz CT molecular complexity index is 374. The maximum absolute atomic E-state index is 9.95. The van der Waals surface area contributed by atoms with Gasteiger partial charge in [-0.1, -0.05) is 18.2 Å². The second-order valence-electron chi connectivity index (χ2n) is 4.86. The molecule has 1 aromatic rings. The van der Waals surface area contributed by atoms with E-state index in [-0.39, 0.29) is 0 Å². The third-order valence-corrected chi connectivity index (χ3v) is 3.02. The van der Waals surface area contributed by atoms with Gasteiger partial charge in [0.15, 0.2) is 0 Å². The number of methoxy groups -OCH3 is 2. The predicted octanol–water partition coefficient (Wildman–Crippen LogP) is 0.724. The quantitative estimate of drug-likeness (QED) is 0.620. The van der Waals surface area contributed by atoms with E-state index in [1.165, 1.54) is 0 Å². The van der Waals surface area contributed by atoms with Gasteiger partial charge in [0, 0.05) is 38.9 Å². The molecule has 0 amide bonds. The molecule has 0 heterocycles. The molecule has 0 saturated heterocycles. The van der Waals surface area contributed by atoms with Gasteiger partial charge >= 0.3 is 0 Å². The lowest BCUT2D eigenvalue weighted by Crippen LogP contribution is -2.37. The van der Waals surface area contributed by atoms with E-state index in [1.54, 1.807) is 14.2 Å². The first-order valence-corrected chi connectivity index (χ1v) is 6.85. The monoisotopic (exact) mass is 282 g/mol. The van der Waals surface area contributed by atoms with Crippen LogP contribution in [0.25, 0.3) is 0 Å². The van der Waals surface area contributed by atoms with E-state index in [1.807, 2.05) is 31.3 Å². The zero-order chi connectivity index (χ0) is 14.8. The number of hydrogen-bond acceptors (Lipinski definition) is 5. The Morgan fingerprint density at radius 1 is 1.30 bits per heavy atom. The second kappa shape index (κ2) is 9.72. The minimum Gasteiger partial charge on any atom is -0.496 e. The summed E-state index contributed by atoms with van der Waals surface area (Å²) >= 11 is 0. The van der Waals surface area contributed by atoms with Gasteiger partial charge in [-0.15, -0.1) is 0 Å². The lowest BCUT2D eigenvalue weighted by atomic mass is 10.2. The number of ether oxygens (including phenoxy) is 2. The molecule has 1 rings (SSSR count). The molecule has 5 nitrogen and oxygen atoms in total. The first-order chi connectivity index (χ1) is 9.67. The second-order valence-corrected chi connectivity index (χ2v) is 4.86. The molecule has 0 bridgehead atoms. The van der Waals surface area contributed by atoms with Gasteiger partial charge in [-0.25, -0.2) is 0 Å². The van der Waals surface area contributed by atoms with E-state index < -0.39 is 6.10 Å². The first-order valence-electron chi connectivity index (χ1n) is 6.85. The standard InChI is InChI=1S/C15H26N2O3/c1-17(12-14(18)10-16-8-9-19-2)11-13-6-4-5-7-15(13)20-3/h4-7,14,16,18H,8-12H2,1-3H3. The third kappa shape index (κ3) is 6.34. The molecule has 0 aliphatic rings. The lowest BCUT2D eigenvalue weighted by Gasteiger charge is -2.21. The van der Waals surface area contributed by atoms with Crippen LogP contribution >= 0.6 is 0 Å². The summed E-state index contributed by atoms with van der Waals surface area (Å²) in [6.07, 6.45) is -0.397. The maximum Gasteiger partial charge on any atom is 0.123 e. The summed E-state index contributed by atoms with van der Waals surface area (Å²) in [7, 11) is 5.33. The van der Waals surface area contributed by atoms with E-state index in [9.17, 15) is 5.11 Å². The molecule has 0 fully saturated rings. The van der Waals surface area contributed by atoms with Crippen molar-refractivity contribution in [1.29, 1.82) is 0 Å². The first kappa shape index (κ1) is 16.9. The van der Waals surface area contributed by atoms with E-state index in [0.29, 0.717) is 19.7 Å². The summed E-state index contributed by atoms with van der Waals surface area (Å²) in [4.78, 5) is 2.08. The van der Waals surface area contributed by atoms with Crippen molar-refractivity contribution in [2.75, 3.05) is 47.5 Å². The lowest BCUT2D eigenvalue weighted by molar-refractivity contribution is 0.117. The van der Waals surface area contributed by atoms with E-state index in [2.05, 4.69) is 10.2 Å². The average molecular weight is 282 g/mol. The fourth-order valence-electron chi connectivity index (χ4n) is 2.06. The van der Waals surface area contributed by atoms with Crippen LogP contribution in [0.5, 0.6) is 5.75 Å². The fourth-order valence-corrected chi connectivity index (χ4v) is 2.06. The predicted molar refractivity (Wildman–Crippen MR) is 80.1 cm³/mol. The minimum absolute atomic E-state index is 0.397. The Morgan fingerprint density at radius 2 is 2.05 bits per heavy atom. The average Bonchev–Trinajstić information content (AvgIpc) is 2.44.